The maximum Gasteiger partial charge on any atom is 0.192 e. The van der Waals surface area contributed by atoms with E-state index in [0.717, 1.165) is 51.7 Å². The van der Waals surface area contributed by atoms with Crippen LogP contribution >= 0.6 is 0 Å². The Morgan fingerprint density at radius 2 is 1.00 bits per heavy atom. The first-order chi connectivity index (χ1) is 22.2. The quantitative estimate of drug-likeness (QED) is 0.122. The van der Waals surface area contributed by atoms with Gasteiger partial charge in [-0.1, -0.05) is 78.0 Å². The molecule has 2 saturated heterocycles. The Morgan fingerprint density at radius 3 is 1.27 bits per heavy atom. The van der Waals surface area contributed by atoms with Crippen molar-refractivity contribution in [3.05, 3.63) is 47.6 Å². The highest BCUT2D eigenvalue weighted by Gasteiger charge is 2.49. The third-order valence-electron chi connectivity index (χ3n) is 13.5. The SMILES string of the molecule is C=C(C)[C@H]1CC[C@H]([C@H]2CC/C(=C/CC/C=C3/CC[C@H]([C@H]4CC[C@@H](C(=C)C)[C@@H]4O[Si](C)(C)C(C)(C)C)OC3)CO2)[C@H]1O[Si](C)(C)C(C)(C)C. The van der Waals surface area contributed by atoms with E-state index in [1.807, 2.05) is 0 Å². The summed E-state index contributed by atoms with van der Waals surface area (Å²) in [6.07, 6.45) is 17.4. The van der Waals surface area contributed by atoms with Gasteiger partial charge in [-0.05, 0) is 125 Å². The molecule has 8 atom stereocenters. The van der Waals surface area contributed by atoms with E-state index in [0.29, 0.717) is 35.9 Å². The zero-order valence-corrected chi connectivity index (χ0v) is 35.3. The molecule has 0 aromatic heterocycles. The van der Waals surface area contributed by atoms with Crippen LogP contribution in [0.25, 0.3) is 0 Å². The van der Waals surface area contributed by atoms with Crippen LogP contribution in [0.5, 0.6) is 0 Å². The van der Waals surface area contributed by atoms with E-state index >= 15 is 0 Å². The molecule has 0 radical (unpaired) electrons. The Labute approximate surface area is 298 Å². The summed E-state index contributed by atoms with van der Waals surface area (Å²) in [6.45, 7) is 38.3. The monoisotopic (exact) mass is 699 g/mol. The third kappa shape index (κ3) is 9.56. The first kappa shape index (κ1) is 40.0. The summed E-state index contributed by atoms with van der Waals surface area (Å²) < 4.78 is 27.4. The molecule has 4 rings (SSSR count). The van der Waals surface area contributed by atoms with Crippen LogP contribution in [0.4, 0.5) is 0 Å². The van der Waals surface area contributed by atoms with Crippen molar-refractivity contribution in [3.8, 4) is 0 Å². The Morgan fingerprint density at radius 1 is 0.646 bits per heavy atom. The largest absolute Gasteiger partial charge is 0.413 e. The number of rotatable bonds is 11. The number of hydrogen-bond donors (Lipinski definition) is 0. The molecule has 48 heavy (non-hydrogen) atoms. The molecule has 0 aromatic carbocycles. The summed E-state index contributed by atoms with van der Waals surface area (Å²) in [4.78, 5) is 0. The molecule has 4 fully saturated rings. The normalized spacial score (nSPS) is 34.2. The van der Waals surface area contributed by atoms with Crippen LogP contribution in [-0.2, 0) is 18.3 Å². The first-order valence-electron chi connectivity index (χ1n) is 19.5. The van der Waals surface area contributed by atoms with Gasteiger partial charge in [0.2, 0.25) is 0 Å². The van der Waals surface area contributed by atoms with E-state index in [1.54, 1.807) is 0 Å². The van der Waals surface area contributed by atoms with Gasteiger partial charge in [0.15, 0.2) is 16.6 Å². The Balaban J connectivity index is 1.25. The van der Waals surface area contributed by atoms with Crippen molar-refractivity contribution in [1.82, 2.24) is 0 Å². The molecule has 2 saturated carbocycles. The lowest BCUT2D eigenvalue weighted by Crippen LogP contribution is -2.48. The molecule has 2 heterocycles. The minimum absolute atomic E-state index is 0.205. The molecule has 0 N–H and O–H groups in total. The molecular weight excluding hydrogens is 625 g/mol. The molecule has 4 aliphatic rings. The third-order valence-corrected chi connectivity index (χ3v) is 22.4. The van der Waals surface area contributed by atoms with E-state index in [2.05, 4.69) is 107 Å². The molecule has 274 valence electrons. The zero-order chi connectivity index (χ0) is 35.7. The van der Waals surface area contributed by atoms with Gasteiger partial charge in [0, 0.05) is 23.7 Å². The topological polar surface area (TPSA) is 36.9 Å². The zero-order valence-electron chi connectivity index (χ0n) is 33.3. The van der Waals surface area contributed by atoms with Crippen molar-refractivity contribution >= 4 is 16.6 Å². The second-order valence-electron chi connectivity index (χ2n) is 19.2. The highest BCUT2D eigenvalue weighted by atomic mass is 28.4. The van der Waals surface area contributed by atoms with Crippen molar-refractivity contribution < 1.29 is 18.3 Å². The van der Waals surface area contributed by atoms with Crippen molar-refractivity contribution in [2.75, 3.05) is 13.2 Å². The van der Waals surface area contributed by atoms with Crippen molar-refractivity contribution in [3.63, 3.8) is 0 Å². The van der Waals surface area contributed by atoms with Gasteiger partial charge < -0.3 is 18.3 Å². The number of ether oxygens (including phenoxy) is 2. The minimum Gasteiger partial charge on any atom is -0.413 e. The van der Waals surface area contributed by atoms with Gasteiger partial charge in [0.05, 0.1) is 37.6 Å². The van der Waals surface area contributed by atoms with Gasteiger partial charge in [-0.3, -0.25) is 0 Å². The molecule has 0 bridgehead atoms. The van der Waals surface area contributed by atoms with Crippen LogP contribution in [0, 0.1) is 23.7 Å². The molecule has 2 aliphatic heterocycles. The van der Waals surface area contributed by atoms with Crippen LogP contribution in [0.3, 0.4) is 0 Å². The minimum atomic E-state index is -1.88. The maximum absolute atomic E-state index is 7.11. The number of unbranched alkanes of at least 4 members (excludes halogenated alkanes) is 1. The van der Waals surface area contributed by atoms with Crippen LogP contribution in [0.2, 0.25) is 36.3 Å². The summed E-state index contributed by atoms with van der Waals surface area (Å²) in [5.74, 6) is 1.87. The van der Waals surface area contributed by atoms with Gasteiger partial charge in [-0.15, -0.1) is 0 Å². The van der Waals surface area contributed by atoms with E-state index in [-0.39, 0.29) is 22.3 Å². The standard InChI is InChI=1S/C42H74O4Si2/c1-29(2)33-21-23-35(39(33)45-47(11,12)41(5,6)7)37-25-19-31(27-43-37)17-15-16-18-32-20-26-38(44-28-32)36-24-22-34(30(3)4)40(36)46-48(13,14)42(8,9)10/h17-18,33-40H,1,3,15-16,19-28H2,2,4-14H3/b31-17-,32-18-/t33-,34+,35-,36-,37-,38-,39+,40+/m1/s1. The highest BCUT2D eigenvalue weighted by molar-refractivity contribution is 6.74. The van der Waals surface area contributed by atoms with Crippen LogP contribution in [0.1, 0.15) is 120 Å². The fourth-order valence-corrected chi connectivity index (χ4v) is 10.9. The maximum atomic E-state index is 7.11. The molecule has 6 heteroatoms. The van der Waals surface area contributed by atoms with E-state index < -0.39 is 16.6 Å². The van der Waals surface area contributed by atoms with Gasteiger partial charge in [-0.25, -0.2) is 0 Å². The van der Waals surface area contributed by atoms with E-state index in [4.69, 9.17) is 18.3 Å². The first-order valence-corrected chi connectivity index (χ1v) is 25.3. The average molecular weight is 699 g/mol. The fraction of sp³-hybridized carbons (Fsp3) is 0.810. The summed E-state index contributed by atoms with van der Waals surface area (Å²) in [6, 6.07) is 0. The predicted octanol–water partition coefficient (Wildman–Crippen LogP) is 12.0. The van der Waals surface area contributed by atoms with E-state index in [1.165, 1.54) is 48.0 Å². The smallest absolute Gasteiger partial charge is 0.192 e. The lowest BCUT2D eigenvalue weighted by Gasteiger charge is -2.43. The molecular formula is C42H74O4Si2. The summed E-state index contributed by atoms with van der Waals surface area (Å²) in [5.41, 5.74) is 5.50. The van der Waals surface area contributed by atoms with Crippen LogP contribution in [-0.4, -0.2) is 54.3 Å². The summed E-state index contributed by atoms with van der Waals surface area (Å²) in [7, 11) is -3.76. The van der Waals surface area contributed by atoms with Gasteiger partial charge in [0.1, 0.15) is 0 Å². The Bertz CT molecular complexity index is 1070. The fourth-order valence-electron chi connectivity index (χ4n) is 8.19. The van der Waals surface area contributed by atoms with Gasteiger partial charge in [-0.2, -0.15) is 0 Å². The van der Waals surface area contributed by atoms with Crippen molar-refractivity contribution in [2.45, 2.75) is 180 Å². The van der Waals surface area contributed by atoms with Gasteiger partial charge >= 0.3 is 0 Å². The second kappa shape index (κ2) is 15.9. The molecule has 0 amide bonds. The summed E-state index contributed by atoms with van der Waals surface area (Å²) >= 11 is 0. The predicted molar refractivity (Wildman–Crippen MR) is 210 cm³/mol. The molecule has 0 aromatic rings. The van der Waals surface area contributed by atoms with E-state index in [9.17, 15) is 0 Å². The Hall–Kier alpha value is -0.766. The average Bonchev–Trinajstić information content (AvgIpc) is 3.59. The van der Waals surface area contributed by atoms with Crippen LogP contribution < -0.4 is 0 Å². The number of allylic oxidation sites excluding steroid dienone is 2. The lowest BCUT2D eigenvalue weighted by molar-refractivity contribution is -0.0357. The van der Waals surface area contributed by atoms with Crippen LogP contribution in [0.15, 0.2) is 47.6 Å². The van der Waals surface area contributed by atoms with Crippen molar-refractivity contribution in [1.29, 1.82) is 0 Å². The highest BCUT2D eigenvalue weighted by Crippen LogP contribution is 2.48. The number of hydrogen-bond acceptors (Lipinski definition) is 4. The summed E-state index contributed by atoms with van der Waals surface area (Å²) in [5, 5.41) is 0.410. The Kier molecular flexibility index (Phi) is 13.2. The molecule has 2 aliphatic carbocycles. The second-order valence-corrected chi connectivity index (χ2v) is 28.7. The lowest BCUT2D eigenvalue weighted by atomic mass is 9.88. The van der Waals surface area contributed by atoms with Crippen molar-refractivity contribution in [2.24, 2.45) is 23.7 Å². The molecule has 0 spiro atoms. The van der Waals surface area contributed by atoms with Gasteiger partial charge in [0.25, 0.3) is 0 Å². The molecule has 0 unspecified atom stereocenters. The molecule has 4 nitrogen and oxygen atoms in total.